The highest BCUT2D eigenvalue weighted by Gasteiger charge is 2.05. The second-order valence-corrected chi connectivity index (χ2v) is 3.21. The number of hydrogen-bond donors (Lipinski definition) is 0. The third kappa shape index (κ3) is 1.72. The smallest absolute Gasteiger partial charge is 0.282 e. The van der Waals surface area contributed by atoms with Crippen molar-refractivity contribution in [1.29, 1.82) is 0 Å². The van der Waals surface area contributed by atoms with Crippen LogP contribution in [0.15, 0.2) is 36.8 Å². The third-order valence-corrected chi connectivity index (χ3v) is 1.85. The van der Waals surface area contributed by atoms with E-state index >= 15 is 0 Å². The minimum absolute atomic E-state index is 0.201. The summed E-state index contributed by atoms with van der Waals surface area (Å²) in [6, 6.07) is 3.01. The molecule has 0 aromatic carbocycles. The van der Waals surface area contributed by atoms with E-state index in [-0.39, 0.29) is 12.1 Å². The highest BCUT2D eigenvalue weighted by atomic mass is 79.9. The van der Waals surface area contributed by atoms with Gasteiger partial charge in [0.15, 0.2) is 5.76 Å². The lowest BCUT2D eigenvalue weighted by atomic mass is 10.5. The van der Waals surface area contributed by atoms with E-state index in [4.69, 9.17) is 9.05 Å². The number of aromatic nitrogens is 2. The Bertz CT molecular complexity index is 456. The molecule has 2 aromatic rings. The van der Waals surface area contributed by atoms with Gasteiger partial charge < -0.3 is 9.05 Å². The largest absolute Gasteiger partial charge is 0.384 e. The average Bonchev–Trinajstić information content (AvgIpc) is 2.64. The first-order valence-electron chi connectivity index (χ1n) is 3.51. The fourth-order valence-electron chi connectivity index (χ4n) is 0.916. The SMILES string of the molecule is O=c1ccon1Cc1cc(Br)no1. The van der Waals surface area contributed by atoms with Crippen molar-refractivity contribution in [2.75, 3.05) is 0 Å². The summed E-state index contributed by atoms with van der Waals surface area (Å²) >= 11 is 3.13. The summed E-state index contributed by atoms with van der Waals surface area (Å²) in [6.45, 7) is 0.254. The van der Waals surface area contributed by atoms with Crippen LogP contribution in [0.2, 0.25) is 0 Å². The van der Waals surface area contributed by atoms with Crippen LogP contribution in [0.3, 0.4) is 0 Å². The Kier molecular flexibility index (Phi) is 2.05. The molecule has 68 valence electrons. The predicted molar refractivity (Wildman–Crippen MR) is 46.3 cm³/mol. The van der Waals surface area contributed by atoms with Gasteiger partial charge in [-0.2, -0.15) is 4.74 Å². The van der Waals surface area contributed by atoms with Crippen molar-refractivity contribution in [3.63, 3.8) is 0 Å². The molecule has 0 N–H and O–H groups in total. The maximum absolute atomic E-state index is 11.0. The minimum atomic E-state index is -0.201. The zero-order valence-electron chi connectivity index (χ0n) is 6.44. The molecule has 0 atom stereocenters. The van der Waals surface area contributed by atoms with E-state index in [1.165, 1.54) is 17.1 Å². The summed E-state index contributed by atoms with van der Waals surface area (Å²) in [6.07, 6.45) is 1.33. The van der Waals surface area contributed by atoms with Gasteiger partial charge in [0.05, 0.1) is 0 Å². The van der Waals surface area contributed by atoms with Crippen molar-refractivity contribution in [1.82, 2.24) is 9.90 Å². The molecule has 0 bridgehead atoms. The fraction of sp³-hybridized carbons (Fsp3) is 0.143. The Hall–Kier alpha value is -1.30. The van der Waals surface area contributed by atoms with Gasteiger partial charge in [-0.25, -0.2) is 0 Å². The van der Waals surface area contributed by atoms with Crippen molar-refractivity contribution in [2.45, 2.75) is 6.54 Å². The zero-order chi connectivity index (χ0) is 9.26. The zero-order valence-corrected chi connectivity index (χ0v) is 8.02. The summed E-state index contributed by atoms with van der Waals surface area (Å²) in [7, 11) is 0. The second kappa shape index (κ2) is 3.21. The standard InChI is InChI=1S/C7H5BrN2O3/c8-6-3-5(13-9-6)4-10-7(11)1-2-12-10/h1-3H,4H2. The molecule has 0 radical (unpaired) electrons. The molecule has 6 heteroatoms. The minimum Gasteiger partial charge on any atom is -0.384 e. The van der Waals surface area contributed by atoms with Gasteiger partial charge in [-0.15, -0.1) is 0 Å². The molecule has 2 aromatic heterocycles. The molecule has 0 aliphatic heterocycles. The first-order valence-corrected chi connectivity index (χ1v) is 4.31. The van der Waals surface area contributed by atoms with Gasteiger partial charge in [-0.1, -0.05) is 5.16 Å². The molecule has 0 saturated carbocycles. The highest BCUT2D eigenvalue weighted by molar-refractivity contribution is 9.10. The van der Waals surface area contributed by atoms with E-state index in [1.807, 2.05) is 0 Å². The van der Waals surface area contributed by atoms with Crippen LogP contribution in [-0.2, 0) is 6.54 Å². The van der Waals surface area contributed by atoms with Gasteiger partial charge in [-0.05, 0) is 15.9 Å². The molecule has 0 saturated heterocycles. The van der Waals surface area contributed by atoms with Crippen molar-refractivity contribution in [3.8, 4) is 0 Å². The molecule has 13 heavy (non-hydrogen) atoms. The molecule has 0 aliphatic carbocycles. The number of halogens is 1. The van der Waals surface area contributed by atoms with Crippen LogP contribution in [0, 0.1) is 0 Å². The van der Waals surface area contributed by atoms with E-state index < -0.39 is 0 Å². The van der Waals surface area contributed by atoms with Crippen molar-refractivity contribution >= 4 is 15.9 Å². The first-order chi connectivity index (χ1) is 6.25. The van der Waals surface area contributed by atoms with Crippen LogP contribution < -0.4 is 5.56 Å². The van der Waals surface area contributed by atoms with Gasteiger partial charge in [0, 0.05) is 12.1 Å². The lowest BCUT2D eigenvalue weighted by molar-refractivity contribution is 0.252. The first kappa shape index (κ1) is 8.31. The average molecular weight is 245 g/mol. The van der Waals surface area contributed by atoms with Crippen LogP contribution in [0.4, 0.5) is 0 Å². The topological polar surface area (TPSA) is 61.2 Å². The van der Waals surface area contributed by atoms with Crippen LogP contribution >= 0.6 is 15.9 Å². The molecular formula is C7H5BrN2O3. The summed E-state index contributed by atoms with van der Waals surface area (Å²) in [5.41, 5.74) is -0.201. The van der Waals surface area contributed by atoms with E-state index in [0.717, 1.165) is 0 Å². The van der Waals surface area contributed by atoms with Crippen LogP contribution in [0.25, 0.3) is 0 Å². The number of nitrogens with zero attached hydrogens (tertiary/aromatic N) is 2. The maximum atomic E-state index is 11.0. The number of hydrogen-bond acceptors (Lipinski definition) is 4. The lowest BCUT2D eigenvalue weighted by Gasteiger charge is -1.92. The van der Waals surface area contributed by atoms with Crippen LogP contribution in [0.1, 0.15) is 5.76 Å². The van der Waals surface area contributed by atoms with E-state index in [9.17, 15) is 4.79 Å². The van der Waals surface area contributed by atoms with Gasteiger partial charge in [0.1, 0.15) is 17.4 Å². The van der Waals surface area contributed by atoms with Gasteiger partial charge in [-0.3, -0.25) is 4.79 Å². The molecule has 0 amide bonds. The molecule has 5 nitrogen and oxygen atoms in total. The summed E-state index contributed by atoms with van der Waals surface area (Å²) in [4.78, 5) is 11.0. The van der Waals surface area contributed by atoms with Crippen LogP contribution in [-0.4, -0.2) is 9.90 Å². The van der Waals surface area contributed by atoms with Gasteiger partial charge in [0.25, 0.3) is 5.56 Å². The predicted octanol–water partition coefficient (Wildman–Crippen LogP) is 1.24. The monoisotopic (exact) mass is 244 g/mol. The lowest BCUT2D eigenvalue weighted by Crippen LogP contribution is -2.13. The Morgan fingerprint density at radius 1 is 1.62 bits per heavy atom. The quantitative estimate of drug-likeness (QED) is 0.798. The van der Waals surface area contributed by atoms with Gasteiger partial charge >= 0.3 is 0 Å². The second-order valence-electron chi connectivity index (χ2n) is 2.40. The van der Waals surface area contributed by atoms with E-state index in [2.05, 4.69) is 21.1 Å². The molecule has 2 heterocycles. The maximum Gasteiger partial charge on any atom is 0.282 e. The normalized spacial score (nSPS) is 10.5. The summed E-state index contributed by atoms with van der Waals surface area (Å²) < 4.78 is 11.5. The Balaban J connectivity index is 2.24. The third-order valence-electron chi connectivity index (χ3n) is 1.47. The Morgan fingerprint density at radius 3 is 3.00 bits per heavy atom. The molecule has 0 spiro atoms. The Labute approximate surface area is 81.0 Å². The van der Waals surface area contributed by atoms with E-state index in [1.54, 1.807) is 6.07 Å². The fourth-order valence-corrected chi connectivity index (χ4v) is 1.24. The van der Waals surface area contributed by atoms with Crippen LogP contribution in [0.5, 0.6) is 0 Å². The highest BCUT2D eigenvalue weighted by Crippen LogP contribution is 2.10. The van der Waals surface area contributed by atoms with Crippen molar-refractivity contribution < 1.29 is 9.05 Å². The molecule has 2 rings (SSSR count). The van der Waals surface area contributed by atoms with Crippen molar-refractivity contribution in [2.24, 2.45) is 0 Å². The molecule has 0 unspecified atom stereocenters. The summed E-state index contributed by atoms with van der Waals surface area (Å²) in [5, 5.41) is 3.61. The molecule has 0 aliphatic rings. The van der Waals surface area contributed by atoms with Gasteiger partial charge in [0.2, 0.25) is 0 Å². The van der Waals surface area contributed by atoms with Crippen molar-refractivity contribution in [3.05, 3.63) is 39.1 Å². The Morgan fingerprint density at radius 2 is 2.46 bits per heavy atom. The molecular weight excluding hydrogens is 240 g/mol. The number of rotatable bonds is 2. The van der Waals surface area contributed by atoms with E-state index in [0.29, 0.717) is 10.4 Å². The summed E-state index contributed by atoms with van der Waals surface area (Å²) in [5.74, 6) is 0.559. The molecule has 0 fully saturated rings.